The van der Waals surface area contributed by atoms with Crippen LogP contribution >= 0.6 is 0 Å². The van der Waals surface area contributed by atoms with Crippen LogP contribution in [0.1, 0.15) is 34.3 Å². The number of likely N-dealkylation sites (tertiary alicyclic amines) is 1. The molecule has 148 valence electrons. The summed E-state index contributed by atoms with van der Waals surface area (Å²) in [6, 6.07) is 7.85. The second kappa shape index (κ2) is 8.41. The minimum atomic E-state index is -4.43. The summed E-state index contributed by atoms with van der Waals surface area (Å²) in [5.41, 5.74) is 0.389. The van der Waals surface area contributed by atoms with Crippen molar-refractivity contribution < 1.29 is 22.8 Å². The van der Waals surface area contributed by atoms with Crippen LogP contribution in [0, 0.1) is 5.92 Å². The molecule has 2 heterocycles. The van der Waals surface area contributed by atoms with E-state index < -0.39 is 11.7 Å². The fraction of sp³-hybridized carbons (Fsp3) is 0.350. The second-order valence-electron chi connectivity index (χ2n) is 6.71. The van der Waals surface area contributed by atoms with Crippen molar-refractivity contribution in [1.82, 2.24) is 15.2 Å². The summed E-state index contributed by atoms with van der Waals surface area (Å²) in [6.07, 6.45) is -0.0632. The highest BCUT2D eigenvalue weighted by atomic mass is 19.4. The van der Waals surface area contributed by atoms with E-state index in [1.54, 1.807) is 17.3 Å². The molecule has 2 amide bonds. The average Bonchev–Trinajstić information content (AvgIpc) is 2.72. The van der Waals surface area contributed by atoms with E-state index >= 15 is 0 Å². The summed E-state index contributed by atoms with van der Waals surface area (Å²) in [6.45, 7) is 1.21. The van der Waals surface area contributed by atoms with Crippen LogP contribution in [0.4, 0.5) is 13.2 Å². The van der Waals surface area contributed by atoms with E-state index in [1.807, 2.05) is 12.1 Å². The van der Waals surface area contributed by atoms with E-state index in [4.69, 9.17) is 0 Å². The molecule has 1 fully saturated rings. The summed E-state index contributed by atoms with van der Waals surface area (Å²) in [7, 11) is 0. The molecule has 0 saturated carbocycles. The lowest BCUT2D eigenvalue weighted by Gasteiger charge is -2.31. The molecular weight excluding hydrogens is 371 g/mol. The topological polar surface area (TPSA) is 62.3 Å². The quantitative estimate of drug-likeness (QED) is 0.870. The average molecular weight is 391 g/mol. The molecule has 1 aromatic heterocycles. The molecule has 0 radical (unpaired) electrons. The summed E-state index contributed by atoms with van der Waals surface area (Å²) in [5, 5.41) is 2.89. The minimum Gasteiger partial charge on any atom is -0.352 e. The first-order valence-corrected chi connectivity index (χ1v) is 8.98. The van der Waals surface area contributed by atoms with Crippen LogP contribution in [-0.4, -0.2) is 34.8 Å². The molecule has 1 aliphatic heterocycles. The number of carbonyl (C=O) groups excluding carboxylic acids is 2. The van der Waals surface area contributed by atoms with Gasteiger partial charge in [-0.1, -0.05) is 0 Å². The van der Waals surface area contributed by atoms with Gasteiger partial charge in [0.25, 0.3) is 5.91 Å². The minimum absolute atomic E-state index is 0.0570. The number of nitrogens with one attached hydrogen (secondary N) is 1. The van der Waals surface area contributed by atoms with Gasteiger partial charge in [-0.25, -0.2) is 0 Å². The maximum absolute atomic E-state index is 12.6. The lowest BCUT2D eigenvalue weighted by molar-refractivity contribution is -0.137. The van der Waals surface area contributed by atoms with Crippen molar-refractivity contribution in [3.8, 4) is 0 Å². The zero-order valence-corrected chi connectivity index (χ0v) is 15.1. The molecule has 1 N–H and O–H groups in total. The monoisotopic (exact) mass is 391 g/mol. The third kappa shape index (κ3) is 4.88. The molecule has 1 aromatic carbocycles. The number of carbonyl (C=O) groups is 2. The standard InChI is InChI=1S/C20H20F3N3O2/c21-20(22,23)17-3-1-16(2-4-17)19(28)26-11-7-15(8-12-26)18(27)25-13-14-5-9-24-10-6-14/h1-6,9-10,15H,7-8,11-13H2,(H,25,27). The summed E-state index contributed by atoms with van der Waals surface area (Å²) < 4.78 is 37.9. The molecule has 3 rings (SSSR count). The molecule has 2 aromatic rings. The van der Waals surface area contributed by atoms with Crippen molar-refractivity contribution in [1.29, 1.82) is 0 Å². The molecule has 8 heteroatoms. The molecule has 0 unspecified atom stereocenters. The maximum Gasteiger partial charge on any atom is 0.416 e. The van der Waals surface area contributed by atoms with Crippen molar-refractivity contribution in [2.75, 3.05) is 13.1 Å². The predicted octanol–water partition coefficient (Wildman–Crippen LogP) is 3.27. The van der Waals surface area contributed by atoms with Crippen LogP contribution in [0.3, 0.4) is 0 Å². The summed E-state index contributed by atoms with van der Waals surface area (Å²) in [4.78, 5) is 30.3. The Morgan fingerprint density at radius 2 is 1.64 bits per heavy atom. The van der Waals surface area contributed by atoms with Gasteiger partial charge in [-0.15, -0.1) is 0 Å². The van der Waals surface area contributed by atoms with Gasteiger partial charge in [0.2, 0.25) is 5.91 Å². The van der Waals surface area contributed by atoms with Gasteiger partial charge in [-0.3, -0.25) is 14.6 Å². The van der Waals surface area contributed by atoms with Crippen molar-refractivity contribution in [3.63, 3.8) is 0 Å². The number of aromatic nitrogens is 1. The van der Waals surface area contributed by atoms with Gasteiger partial charge in [-0.2, -0.15) is 13.2 Å². The van der Waals surface area contributed by atoms with Gasteiger partial charge in [0.05, 0.1) is 5.56 Å². The Morgan fingerprint density at radius 1 is 1.04 bits per heavy atom. The van der Waals surface area contributed by atoms with Gasteiger partial charge >= 0.3 is 6.18 Å². The van der Waals surface area contributed by atoms with Crippen LogP contribution < -0.4 is 5.32 Å². The van der Waals surface area contributed by atoms with E-state index in [0.717, 1.165) is 17.7 Å². The van der Waals surface area contributed by atoms with Gasteiger partial charge in [-0.05, 0) is 54.8 Å². The Kier molecular flexibility index (Phi) is 5.96. The van der Waals surface area contributed by atoms with Gasteiger partial charge in [0, 0.05) is 43.5 Å². The van der Waals surface area contributed by atoms with E-state index in [-0.39, 0.29) is 23.3 Å². The molecule has 0 atom stereocenters. The number of benzene rings is 1. The number of pyridine rings is 1. The smallest absolute Gasteiger partial charge is 0.352 e. The maximum atomic E-state index is 12.6. The molecule has 28 heavy (non-hydrogen) atoms. The highest BCUT2D eigenvalue weighted by molar-refractivity contribution is 5.94. The Bertz CT molecular complexity index is 815. The Morgan fingerprint density at radius 3 is 2.21 bits per heavy atom. The number of halogens is 3. The molecule has 0 bridgehead atoms. The lowest BCUT2D eigenvalue weighted by atomic mass is 9.95. The first kappa shape index (κ1) is 19.9. The van der Waals surface area contributed by atoms with E-state index in [1.165, 1.54) is 12.1 Å². The third-order valence-corrected chi connectivity index (χ3v) is 4.83. The number of nitrogens with zero attached hydrogens (tertiary/aromatic N) is 2. The number of hydrogen-bond donors (Lipinski definition) is 1. The Hall–Kier alpha value is -2.90. The zero-order chi connectivity index (χ0) is 20.1. The van der Waals surface area contributed by atoms with Crippen LogP contribution in [0.15, 0.2) is 48.8 Å². The number of piperidine rings is 1. The van der Waals surface area contributed by atoms with Gasteiger partial charge in [0.1, 0.15) is 0 Å². The summed E-state index contributed by atoms with van der Waals surface area (Å²) >= 11 is 0. The number of rotatable bonds is 4. The number of alkyl halides is 3. The van der Waals surface area contributed by atoms with Crippen LogP contribution in [0.2, 0.25) is 0 Å². The second-order valence-corrected chi connectivity index (χ2v) is 6.71. The summed E-state index contributed by atoms with van der Waals surface area (Å²) in [5.74, 6) is -0.554. The van der Waals surface area contributed by atoms with Crippen molar-refractivity contribution in [3.05, 3.63) is 65.5 Å². The first-order valence-electron chi connectivity index (χ1n) is 8.98. The van der Waals surface area contributed by atoms with Crippen LogP contribution in [-0.2, 0) is 17.5 Å². The van der Waals surface area contributed by atoms with Crippen LogP contribution in [0.25, 0.3) is 0 Å². The van der Waals surface area contributed by atoms with E-state index in [9.17, 15) is 22.8 Å². The van der Waals surface area contributed by atoms with Crippen molar-refractivity contribution >= 4 is 11.8 Å². The normalized spacial score (nSPS) is 15.3. The largest absolute Gasteiger partial charge is 0.416 e. The Balaban J connectivity index is 1.50. The highest BCUT2D eigenvalue weighted by Crippen LogP contribution is 2.29. The van der Waals surface area contributed by atoms with Gasteiger partial charge in [0.15, 0.2) is 0 Å². The number of amides is 2. The van der Waals surface area contributed by atoms with E-state index in [2.05, 4.69) is 10.3 Å². The molecule has 1 aliphatic rings. The van der Waals surface area contributed by atoms with Gasteiger partial charge < -0.3 is 10.2 Å². The highest BCUT2D eigenvalue weighted by Gasteiger charge is 2.31. The van der Waals surface area contributed by atoms with Crippen LogP contribution in [0.5, 0.6) is 0 Å². The molecular formula is C20H20F3N3O2. The molecule has 5 nitrogen and oxygen atoms in total. The molecule has 1 saturated heterocycles. The van der Waals surface area contributed by atoms with E-state index in [0.29, 0.717) is 32.5 Å². The fourth-order valence-electron chi connectivity index (χ4n) is 3.16. The predicted molar refractivity (Wildman–Crippen MR) is 96.2 cm³/mol. The zero-order valence-electron chi connectivity index (χ0n) is 15.1. The molecule has 0 aliphatic carbocycles. The first-order chi connectivity index (χ1) is 13.3. The lowest BCUT2D eigenvalue weighted by Crippen LogP contribution is -2.42. The fourth-order valence-corrected chi connectivity index (χ4v) is 3.16. The third-order valence-electron chi connectivity index (χ3n) is 4.83. The van der Waals surface area contributed by atoms with Crippen molar-refractivity contribution in [2.24, 2.45) is 5.92 Å². The van der Waals surface area contributed by atoms with Crippen molar-refractivity contribution in [2.45, 2.75) is 25.6 Å². The Labute approximate surface area is 160 Å². The SMILES string of the molecule is O=C(NCc1ccncc1)C1CCN(C(=O)c2ccc(C(F)(F)F)cc2)CC1. The molecule has 0 spiro atoms. The number of hydrogen-bond acceptors (Lipinski definition) is 3.